The van der Waals surface area contributed by atoms with Crippen LogP contribution >= 0.6 is 0 Å². The van der Waals surface area contributed by atoms with E-state index in [0.717, 1.165) is 32.7 Å². The fourth-order valence-corrected chi connectivity index (χ4v) is 1.39. The maximum Gasteiger partial charge on any atom is 0.0474 e. The van der Waals surface area contributed by atoms with Gasteiger partial charge in [0.25, 0.3) is 0 Å². The fraction of sp³-hybridized carbons (Fsp3) is 1.00. The second-order valence-electron chi connectivity index (χ2n) is 3.82. The molecule has 0 saturated carbocycles. The second-order valence-corrected chi connectivity index (χ2v) is 3.82. The topological polar surface area (TPSA) is 24.5 Å². The quantitative estimate of drug-likeness (QED) is 0.571. The molecule has 86 valence electrons. The van der Waals surface area contributed by atoms with Crippen molar-refractivity contribution in [1.29, 1.82) is 0 Å². The molecule has 0 aliphatic rings. The highest BCUT2D eigenvalue weighted by Gasteiger charge is 2.07. The molecule has 0 saturated heterocycles. The summed E-state index contributed by atoms with van der Waals surface area (Å²) in [5.74, 6) is 0. The molecular weight excluding hydrogens is 176 g/mol. The zero-order valence-electron chi connectivity index (χ0n) is 10.2. The number of rotatable bonds is 9. The summed E-state index contributed by atoms with van der Waals surface area (Å²) in [5, 5.41) is 3.35. The van der Waals surface area contributed by atoms with E-state index in [2.05, 4.69) is 31.1 Å². The van der Waals surface area contributed by atoms with Crippen molar-refractivity contribution in [2.75, 3.05) is 40.4 Å². The molecular formula is C11H26N2O. The number of hydrogen-bond donors (Lipinski definition) is 1. The normalized spacial score (nSPS) is 13.5. The molecule has 0 aliphatic carbocycles. The van der Waals surface area contributed by atoms with Gasteiger partial charge in [-0.2, -0.15) is 0 Å². The highest BCUT2D eigenvalue weighted by Crippen LogP contribution is 2.00. The van der Waals surface area contributed by atoms with Crippen molar-refractivity contribution in [3.8, 4) is 0 Å². The summed E-state index contributed by atoms with van der Waals surface area (Å²) in [4.78, 5) is 2.40. The van der Waals surface area contributed by atoms with Crippen molar-refractivity contribution in [2.45, 2.75) is 32.7 Å². The van der Waals surface area contributed by atoms with E-state index in [1.165, 1.54) is 6.42 Å². The van der Waals surface area contributed by atoms with E-state index in [-0.39, 0.29) is 0 Å². The molecule has 0 rings (SSSR count). The van der Waals surface area contributed by atoms with Gasteiger partial charge in [0.15, 0.2) is 0 Å². The molecule has 0 bridgehead atoms. The minimum Gasteiger partial charge on any atom is -0.385 e. The predicted molar refractivity (Wildman–Crippen MR) is 61.7 cm³/mol. The Hall–Kier alpha value is -0.120. The Bertz CT molecular complexity index is 106. The van der Waals surface area contributed by atoms with E-state index in [4.69, 9.17) is 4.74 Å². The van der Waals surface area contributed by atoms with Gasteiger partial charge >= 0.3 is 0 Å². The number of ether oxygens (including phenoxy) is 1. The van der Waals surface area contributed by atoms with E-state index in [0.29, 0.717) is 6.04 Å². The second kappa shape index (κ2) is 9.44. The number of nitrogens with one attached hydrogen (secondary N) is 1. The SMILES string of the molecule is CCNCCC(C)N(C)CCCOC. The van der Waals surface area contributed by atoms with Crippen LogP contribution in [0, 0.1) is 0 Å². The first-order chi connectivity index (χ1) is 6.72. The van der Waals surface area contributed by atoms with Crippen LogP contribution in [-0.2, 0) is 4.74 Å². The molecule has 0 radical (unpaired) electrons. The van der Waals surface area contributed by atoms with Crippen molar-refractivity contribution >= 4 is 0 Å². The zero-order chi connectivity index (χ0) is 10.8. The Morgan fingerprint density at radius 2 is 2.14 bits per heavy atom. The van der Waals surface area contributed by atoms with Gasteiger partial charge in [-0.05, 0) is 39.9 Å². The minimum atomic E-state index is 0.658. The Morgan fingerprint density at radius 1 is 1.43 bits per heavy atom. The highest BCUT2D eigenvalue weighted by molar-refractivity contribution is 4.64. The van der Waals surface area contributed by atoms with Crippen LogP contribution in [0.1, 0.15) is 26.7 Å². The number of hydrogen-bond acceptors (Lipinski definition) is 3. The molecule has 0 aromatic rings. The van der Waals surface area contributed by atoms with E-state index < -0.39 is 0 Å². The first-order valence-electron chi connectivity index (χ1n) is 5.62. The Labute approximate surface area is 88.8 Å². The first kappa shape index (κ1) is 13.9. The summed E-state index contributed by atoms with van der Waals surface area (Å²) in [5.41, 5.74) is 0. The Balaban J connectivity index is 3.39. The summed E-state index contributed by atoms with van der Waals surface area (Å²) in [6, 6.07) is 0.658. The predicted octanol–water partition coefficient (Wildman–Crippen LogP) is 1.34. The maximum atomic E-state index is 5.03. The molecule has 0 aromatic carbocycles. The van der Waals surface area contributed by atoms with Crippen LogP contribution in [0.15, 0.2) is 0 Å². The van der Waals surface area contributed by atoms with Gasteiger partial charge in [-0.1, -0.05) is 6.92 Å². The Morgan fingerprint density at radius 3 is 2.71 bits per heavy atom. The molecule has 0 aromatic heterocycles. The average molecular weight is 202 g/mol. The van der Waals surface area contributed by atoms with Crippen LogP contribution in [0.3, 0.4) is 0 Å². The lowest BCUT2D eigenvalue weighted by molar-refractivity contribution is 0.166. The molecule has 1 atom stereocenters. The molecule has 0 amide bonds. The van der Waals surface area contributed by atoms with Crippen LogP contribution in [0.5, 0.6) is 0 Å². The van der Waals surface area contributed by atoms with Crippen LogP contribution in [0.2, 0.25) is 0 Å². The van der Waals surface area contributed by atoms with Gasteiger partial charge in [0.05, 0.1) is 0 Å². The largest absolute Gasteiger partial charge is 0.385 e. The first-order valence-corrected chi connectivity index (χ1v) is 5.62. The van der Waals surface area contributed by atoms with Crippen LogP contribution < -0.4 is 5.32 Å². The molecule has 0 aliphatic heterocycles. The number of methoxy groups -OCH3 is 1. The standard InChI is InChI=1S/C11H26N2O/c1-5-12-8-7-11(2)13(3)9-6-10-14-4/h11-12H,5-10H2,1-4H3. The molecule has 0 heterocycles. The zero-order valence-corrected chi connectivity index (χ0v) is 10.2. The van der Waals surface area contributed by atoms with Gasteiger partial charge in [-0.3, -0.25) is 0 Å². The summed E-state index contributed by atoms with van der Waals surface area (Å²) in [7, 11) is 3.95. The van der Waals surface area contributed by atoms with Crippen molar-refractivity contribution in [1.82, 2.24) is 10.2 Å². The highest BCUT2D eigenvalue weighted by atomic mass is 16.5. The van der Waals surface area contributed by atoms with Gasteiger partial charge in [0.1, 0.15) is 0 Å². The lowest BCUT2D eigenvalue weighted by Crippen LogP contribution is -2.33. The molecule has 1 unspecified atom stereocenters. The van der Waals surface area contributed by atoms with Crippen molar-refractivity contribution < 1.29 is 4.74 Å². The third-order valence-electron chi connectivity index (χ3n) is 2.60. The van der Waals surface area contributed by atoms with E-state index in [1.807, 2.05) is 0 Å². The molecule has 14 heavy (non-hydrogen) atoms. The van der Waals surface area contributed by atoms with Crippen molar-refractivity contribution in [3.05, 3.63) is 0 Å². The van der Waals surface area contributed by atoms with Gasteiger partial charge in [-0.25, -0.2) is 0 Å². The summed E-state index contributed by atoms with van der Waals surface area (Å²) < 4.78 is 5.03. The molecule has 0 spiro atoms. The summed E-state index contributed by atoms with van der Waals surface area (Å²) in [6.45, 7) is 8.61. The van der Waals surface area contributed by atoms with Crippen molar-refractivity contribution in [2.24, 2.45) is 0 Å². The lowest BCUT2D eigenvalue weighted by atomic mass is 10.2. The maximum absolute atomic E-state index is 5.03. The van der Waals surface area contributed by atoms with Gasteiger partial charge in [0, 0.05) is 26.3 Å². The lowest BCUT2D eigenvalue weighted by Gasteiger charge is -2.24. The third kappa shape index (κ3) is 7.30. The van der Waals surface area contributed by atoms with Crippen molar-refractivity contribution in [3.63, 3.8) is 0 Å². The average Bonchev–Trinajstić information content (AvgIpc) is 2.18. The monoisotopic (exact) mass is 202 g/mol. The molecule has 0 fully saturated rings. The Kier molecular flexibility index (Phi) is 9.35. The third-order valence-corrected chi connectivity index (χ3v) is 2.60. The van der Waals surface area contributed by atoms with Gasteiger partial charge in [0.2, 0.25) is 0 Å². The van der Waals surface area contributed by atoms with Gasteiger partial charge in [-0.15, -0.1) is 0 Å². The molecule has 3 nitrogen and oxygen atoms in total. The number of nitrogens with zero attached hydrogens (tertiary/aromatic N) is 1. The minimum absolute atomic E-state index is 0.658. The smallest absolute Gasteiger partial charge is 0.0474 e. The van der Waals surface area contributed by atoms with Gasteiger partial charge < -0.3 is 15.0 Å². The molecule has 1 N–H and O–H groups in total. The van der Waals surface area contributed by atoms with Crippen LogP contribution in [-0.4, -0.2) is 51.3 Å². The van der Waals surface area contributed by atoms with E-state index in [1.54, 1.807) is 7.11 Å². The fourth-order valence-electron chi connectivity index (χ4n) is 1.39. The van der Waals surface area contributed by atoms with Crippen LogP contribution in [0.25, 0.3) is 0 Å². The molecule has 3 heteroatoms. The van der Waals surface area contributed by atoms with Crippen LogP contribution in [0.4, 0.5) is 0 Å². The summed E-state index contributed by atoms with van der Waals surface area (Å²) >= 11 is 0. The summed E-state index contributed by atoms with van der Waals surface area (Å²) in [6.07, 6.45) is 2.34. The van der Waals surface area contributed by atoms with E-state index in [9.17, 15) is 0 Å². The van der Waals surface area contributed by atoms with E-state index >= 15 is 0 Å².